The molecule has 1 fully saturated rings. The van der Waals surface area contributed by atoms with Crippen molar-refractivity contribution in [1.82, 2.24) is 4.90 Å². The second kappa shape index (κ2) is 7.92. The normalized spacial score (nSPS) is 18.3. The minimum Gasteiger partial charge on any atom is -0.507 e. The Hall–Kier alpha value is -3.39. The number of phenols is 1. The molecule has 0 spiro atoms. The van der Waals surface area contributed by atoms with Crippen LogP contribution in [0.1, 0.15) is 30.5 Å². The van der Waals surface area contributed by atoms with Crippen molar-refractivity contribution in [2.24, 2.45) is 0 Å². The van der Waals surface area contributed by atoms with Gasteiger partial charge in [0, 0.05) is 24.2 Å². The molecule has 3 rings (SSSR count). The van der Waals surface area contributed by atoms with Gasteiger partial charge < -0.3 is 15.1 Å². The highest BCUT2D eigenvalue weighted by molar-refractivity contribution is 6.46. The predicted octanol–water partition coefficient (Wildman–Crippen LogP) is 3.79. The molecule has 0 aliphatic carbocycles. The molecule has 8 nitrogen and oxygen atoms in total. The van der Waals surface area contributed by atoms with Crippen LogP contribution < -0.4 is 0 Å². The maximum Gasteiger partial charge on any atom is 0.295 e. The van der Waals surface area contributed by atoms with Gasteiger partial charge in [0.05, 0.1) is 21.6 Å². The molecule has 0 bridgehead atoms. The van der Waals surface area contributed by atoms with Crippen molar-refractivity contribution in [2.45, 2.75) is 19.4 Å². The van der Waals surface area contributed by atoms with Gasteiger partial charge in [0.25, 0.3) is 17.4 Å². The van der Waals surface area contributed by atoms with Gasteiger partial charge in [0.15, 0.2) is 0 Å². The Bertz CT molecular complexity index is 1050. The SMILES string of the molecule is CCCN1C(=O)C(=O)/C(=C(\O)c2cccc([N+](=O)[O-])c2)C1c1ccc(O)c(Cl)c1. The standard InChI is InChI=1S/C20H17ClN2O6/c1-2-8-22-17(11-6-7-15(24)14(21)10-11)16(19(26)20(22)27)18(25)12-4-3-5-13(9-12)23(28)29/h3-7,9-10,17,24-25H,2,8H2,1H3/b18-16-. The number of rotatable bonds is 5. The Balaban J connectivity index is 2.22. The molecule has 2 aromatic carbocycles. The minimum absolute atomic E-state index is 0.0277. The lowest BCUT2D eigenvalue weighted by Gasteiger charge is -2.25. The van der Waals surface area contributed by atoms with Crippen LogP contribution in [0.15, 0.2) is 48.0 Å². The van der Waals surface area contributed by atoms with Crippen LogP contribution in [0.25, 0.3) is 5.76 Å². The molecular weight excluding hydrogens is 400 g/mol. The third-order valence-electron chi connectivity index (χ3n) is 4.62. The first-order chi connectivity index (χ1) is 13.8. The molecule has 2 aromatic rings. The maximum atomic E-state index is 12.7. The number of carbonyl (C=O) groups excluding carboxylic acids is 2. The molecule has 1 saturated heterocycles. The van der Waals surface area contributed by atoms with Gasteiger partial charge in [-0.1, -0.05) is 36.7 Å². The molecule has 0 aromatic heterocycles. The Morgan fingerprint density at radius 1 is 1.24 bits per heavy atom. The van der Waals surface area contributed by atoms with Crippen LogP contribution in [0.5, 0.6) is 5.75 Å². The number of aliphatic hydroxyl groups is 1. The number of ketones is 1. The van der Waals surface area contributed by atoms with Crippen LogP contribution in [0, 0.1) is 10.1 Å². The Morgan fingerprint density at radius 2 is 1.97 bits per heavy atom. The number of halogens is 1. The summed E-state index contributed by atoms with van der Waals surface area (Å²) in [5.74, 6) is -2.36. The van der Waals surface area contributed by atoms with E-state index in [1.807, 2.05) is 6.92 Å². The third-order valence-corrected chi connectivity index (χ3v) is 4.93. The maximum absolute atomic E-state index is 12.7. The van der Waals surface area contributed by atoms with E-state index in [2.05, 4.69) is 0 Å². The van der Waals surface area contributed by atoms with Crippen molar-refractivity contribution in [3.05, 3.63) is 74.3 Å². The molecule has 1 unspecified atom stereocenters. The summed E-state index contributed by atoms with van der Waals surface area (Å²) in [6, 6.07) is 8.48. The first-order valence-electron chi connectivity index (χ1n) is 8.78. The molecular formula is C20H17ClN2O6. The number of hydrogen-bond donors (Lipinski definition) is 2. The van der Waals surface area contributed by atoms with E-state index in [-0.39, 0.29) is 34.1 Å². The molecule has 9 heteroatoms. The molecule has 1 aliphatic heterocycles. The molecule has 0 radical (unpaired) electrons. The molecule has 1 amide bonds. The van der Waals surface area contributed by atoms with E-state index in [0.29, 0.717) is 12.0 Å². The second-order valence-electron chi connectivity index (χ2n) is 6.51. The number of aliphatic hydroxyl groups excluding tert-OH is 1. The van der Waals surface area contributed by atoms with Crippen LogP contribution in [0.3, 0.4) is 0 Å². The highest BCUT2D eigenvalue weighted by Gasteiger charge is 2.45. The van der Waals surface area contributed by atoms with Gasteiger partial charge >= 0.3 is 0 Å². The van der Waals surface area contributed by atoms with Gasteiger partial charge in [-0.3, -0.25) is 19.7 Å². The summed E-state index contributed by atoms with van der Waals surface area (Å²) >= 11 is 6.00. The fourth-order valence-electron chi connectivity index (χ4n) is 3.31. The van der Waals surface area contributed by atoms with E-state index in [1.54, 1.807) is 0 Å². The van der Waals surface area contributed by atoms with Crippen molar-refractivity contribution < 1.29 is 24.7 Å². The van der Waals surface area contributed by atoms with E-state index in [1.165, 1.54) is 41.3 Å². The number of nitro groups is 1. The monoisotopic (exact) mass is 416 g/mol. The summed E-state index contributed by atoms with van der Waals surface area (Å²) in [6.45, 7) is 2.08. The topological polar surface area (TPSA) is 121 Å². The van der Waals surface area contributed by atoms with Crippen LogP contribution in [0.4, 0.5) is 5.69 Å². The zero-order valence-corrected chi connectivity index (χ0v) is 16.1. The first kappa shape index (κ1) is 20.3. The summed E-state index contributed by atoms with van der Waals surface area (Å²) in [5, 5.41) is 31.6. The van der Waals surface area contributed by atoms with Gasteiger partial charge in [-0.25, -0.2) is 0 Å². The van der Waals surface area contributed by atoms with Crippen LogP contribution in [-0.4, -0.2) is 38.3 Å². The summed E-state index contributed by atoms with van der Waals surface area (Å²) in [5.41, 5.74) is 0.0165. The zero-order chi connectivity index (χ0) is 21.3. The van der Waals surface area contributed by atoms with Gasteiger partial charge in [0.1, 0.15) is 11.5 Å². The smallest absolute Gasteiger partial charge is 0.295 e. The minimum atomic E-state index is -0.938. The predicted molar refractivity (Wildman–Crippen MR) is 106 cm³/mol. The van der Waals surface area contributed by atoms with Crippen molar-refractivity contribution >= 4 is 34.7 Å². The quantitative estimate of drug-likeness (QED) is 0.251. The lowest BCUT2D eigenvalue weighted by Crippen LogP contribution is -2.30. The van der Waals surface area contributed by atoms with Crippen molar-refractivity contribution in [1.29, 1.82) is 0 Å². The number of aromatic hydroxyl groups is 1. The summed E-state index contributed by atoms with van der Waals surface area (Å²) in [6.07, 6.45) is 0.562. The van der Waals surface area contributed by atoms with E-state index in [4.69, 9.17) is 11.6 Å². The van der Waals surface area contributed by atoms with E-state index in [0.717, 1.165) is 6.07 Å². The van der Waals surface area contributed by atoms with E-state index in [9.17, 15) is 29.9 Å². The Labute approximate surface area is 170 Å². The van der Waals surface area contributed by atoms with E-state index < -0.39 is 28.4 Å². The van der Waals surface area contributed by atoms with Gasteiger partial charge in [-0.2, -0.15) is 0 Å². The van der Waals surface area contributed by atoms with Gasteiger partial charge in [-0.05, 0) is 24.1 Å². The molecule has 29 heavy (non-hydrogen) atoms. The Morgan fingerprint density at radius 3 is 2.59 bits per heavy atom. The number of likely N-dealkylation sites (tertiary alicyclic amines) is 1. The molecule has 0 saturated carbocycles. The fourth-order valence-corrected chi connectivity index (χ4v) is 3.50. The number of Topliss-reactive ketones (excluding diaryl/α,β-unsaturated/α-hetero) is 1. The average Bonchev–Trinajstić information content (AvgIpc) is 2.95. The average molecular weight is 417 g/mol. The number of carbonyl (C=O) groups is 2. The van der Waals surface area contributed by atoms with Crippen molar-refractivity contribution in [3.8, 4) is 5.75 Å². The van der Waals surface area contributed by atoms with E-state index >= 15 is 0 Å². The Kier molecular flexibility index (Phi) is 5.56. The summed E-state index contributed by atoms with van der Waals surface area (Å²) in [7, 11) is 0. The fraction of sp³-hybridized carbons (Fsp3) is 0.200. The van der Waals surface area contributed by atoms with Gasteiger partial charge in [0.2, 0.25) is 0 Å². The lowest BCUT2D eigenvalue weighted by atomic mass is 9.95. The number of non-ortho nitro benzene ring substituents is 1. The number of amides is 1. The summed E-state index contributed by atoms with van der Waals surface area (Å²) in [4.78, 5) is 37.1. The molecule has 150 valence electrons. The van der Waals surface area contributed by atoms with Crippen molar-refractivity contribution in [3.63, 3.8) is 0 Å². The molecule has 2 N–H and O–H groups in total. The molecule has 1 aliphatic rings. The highest BCUT2D eigenvalue weighted by Crippen LogP contribution is 2.41. The number of hydrogen-bond acceptors (Lipinski definition) is 6. The van der Waals surface area contributed by atoms with Gasteiger partial charge in [-0.15, -0.1) is 0 Å². The lowest BCUT2D eigenvalue weighted by molar-refractivity contribution is -0.384. The number of benzene rings is 2. The highest BCUT2D eigenvalue weighted by atomic mass is 35.5. The molecule has 1 heterocycles. The van der Waals surface area contributed by atoms with Crippen LogP contribution >= 0.6 is 11.6 Å². The number of nitro benzene ring substituents is 1. The van der Waals surface area contributed by atoms with Crippen LogP contribution in [0.2, 0.25) is 5.02 Å². The van der Waals surface area contributed by atoms with Crippen molar-refractivity contribution in [2.75, 3.05) is 6.54 Å². The first-order valence-corrected chi connectivity index (χ1v) is 9.15. The summed E-state index contributed by atoms with van der Waals surface area (Å²) < 4.78 is 0. The second-order valence-corrected chi connectivity index (χ2v) is 6.92. The third kappa shape index (κ3) is 3.66. The largest absolute Gasteiger partial charge is 0.507 e. The van der Waals surface area contributed by atoms with Crippen LogP contribution in [-0.2, 0) is 9.59 Å². The zero-order valence-electron chi connectivity index (χ0n) is 15.3. The molecule has 1 atom stereocenters. The number of phenolic OH excluding ortho intramolecular Hbond substituents is 1. The number of nitrogens with zero attached hydrogens (tertiary/aromatic N) is 2.